The first-order valence-corrected chi connectivity index (χ1v) is 13.5. The molecular weight excluding hydrogens is 418 g/mol. The maximum absolute atomic E-state index is 13.0. The predicted octanol–water partition coefficient (Wildman–Crippen LogP) is 2.64. The third-order valence-corrected chi connectivity index (χ3v) is 9.71. The Balaban J connectivity index is 1.12. The summed E-state index contributed by atoms with van der Waals surface area (Å²) in [5, 5.41) is 3.62. The summed E-state index contributed by atoms with van der Waals surface area (Å²) >= 11 is 0. The summed E-state index contributed by atoms with van der Waals surface area (Å²) in [6.45, 7) is 11.3. The van der Waals surface area contributed by atoms with Gasteiger partial charge in [0.2, 0.25) is 5.91 Å². The van der Waals surface area contributed by atoms with Crippen molar-refractivity contribution in [1.82, 2.24) is 15.1 Å². The van der Waals surface area contributed by atoms with Crippen LogP contribution < -0.4 is 5.32 Å². The van der Waals surface area contributed by atoms with E-state index in [4.69, 9.17) is 9.47 Å². The summed E-state index contributed by atoms with van der Waals surface area (Å²) in [6, 6.07) is 0. The minimum atomic E-state index is -0.158. The lowest BCUT2D eigenvalue weighted by molar-refractivity contribution is -0.182. The van der Waals surface area contributed by atoms with Crippen molar-refractivity contribution in [1.29, 1.82) is 0 Å². The topological polar surface area (TPSA) is 71.1 Å². The van der Waals surface area contributed by atoms with Gasteiger partial charge < -0.3 is 19.7 Å². The predicted molar refractivity (Wildman–Crippen MR) is 125 cm³/mol. The van der Waals surface area contributed by atoms with Gasteiger partial charge in [-0.3, -0.25) is 14.5 Å². The molecule has 0 spiro atoms. The molecule has 4 aliphatic heterocycles. The molecule has 33 heavy (non-hydrogen) atoms. The Morgan fingerprint density at radius 1 is 1.00 bits per heavy atom. The van der Waals surface area contributed by atoms with Crippen LogP contribution in [0.4, 0.5) is 0 Å². The summed E-state index contributed by atoms with van der Waals surface area (Å²) in [6.07, 6.45) is 7.74. The van der Waals surface area contributed by atoms with Gasteiger partial charge in [-0.05, 0) is 69.2 Å². The van der Waals surface area contributed by atoms with Crippen molar-refractivity contribution in [3.8, 4) is 0 Å². The van der Waals surface area contributed by atoms with Crippen LogP contribution in [0.1, 0.15) is 65.7 Å². The molecular formula is C26H43N3O4. The van der Waals surface area contributed by atoms with Crippen molar-refractivity contribution in [2.45, 2.75) is 90.2 Å². The Hall–Kier alpha value is -1.18. The van der Waals surface area contributed by atoms with Crippen molar-refractivity contribution in [3.05, 3.63) is 0 Å². The Morgan fingerprint density at radius 3 is 2.48 bits per heavy atom. The van der Waals surface area contributed by atoms with Gasteiger partial charge in [-0.1, -0.05) is 13.8 Å². The maximum Gasteiger partial charge on any atom is 0.309 e. The molecule has 5 aliphatic rings. The fourth-order valence-electron chi connectivity index (χ4n) is 7.34. The number of nitrogens with one attached hydrogen (secondary N) is 1. The number of carbonyl (C=O) groups is 2. The van der Waals surface area contributed by atoms with Gasteiger partial charge in [0.1, 0.15) is 6.10 Å². The number of ether oxygens (including phenoxy) is 2. The molecule has 0 aromatic heterocycles. The number of hydrogen-bond donors (Lipinski definition) is 1. The summed E-state index contributed by atoms with van der Waals surface area (Å²) < 4.78 is 12.1. The van der Waals surface area contributed by atoms with Crippen molar-refractivity contribution in [2.75, 3.05) is 32.7 Å². The van der Waals surface area contributed by atoms with E-state index in [1.54, 1.807) is 0 Å². The molecule has 7 nitrogen and oxygen atoms in total. The minimum Gasteiger partial charge on any atom is -0.462 e. The number of piperidine rings is 1. The van der Waals surface area contributed by atoms with Gasteiger partial charge in [0, 0.05) is 39.0 Å². The highest BCUT2D eigenvalue weighted by atomic mass is 16.6. The summed E-state index contributed by atoms with van der Waals surface area (Å²) in [4.78, 5) is 30.4. The molecule has 0 radical (unpaired) electrons. The third kappa shape index (κ3) is 4.70. The van der Waals surface area contributed by atoms with Gasteiger partial charge >= 0.3 is 5.97 Å². The van der Waals surface area contributed by atoms with Gasteiger partial charge in [-0.15, -0.1) is 0 Å². The average Bonchev–Trinajstić information content (AvgIpc) is 3.11. The highest BCUT2D eigenvalue weighted by Gasteiger charge is 2.53. The van der Waals surface area contributed by atoms with Gasteiger partial charge in [0.05, 0.1) is 24.3 Å². The number of esters is 1. The van der Waals surface area contributed by atoms with E-state index in [1.807, 2.05) is 4.90 Å². The first-order valence-electron chi connectivity index (χ1n) is 13.5. The van der Waals surface area contributed by atoms with Crippen LogP contribution in [0.15, 0.2) is 0 Å². The summed E-state index contributed by atoms with van der Waals surface area (Å²) in [5.41, 5.74) is 0. The second kappa shape index (κ2) is 9.82. The fraction of sp³-hybridized carbons (Fsp3) is 0.923. The molecule has 4 heterocycles. The molecule has 9 unspecified atom stereocenters. The Labute approximate surface area is 198 Å². The van der Waals surface area contributed by atoms with E-state index >= 15 is 0 Å². The molecule has 0 bridgehead atoms. The zero-order valence-corrected chi connectivity index (χ0v) is 20.7. The van der Waals surface area contributed by atoms with Crippen LogP contribution in [0.25, 0.3) is 0 Å². The molecule has 1 saturated carbocycles. The number of hydrogen-bond acceptors (Lipinski definition) is 6. The quantitative estimate of drug-likeness (QED) is 0.649. The number of fused-ring (bicyclic) bond motifs is 2. The minimum absolute atomic E-state index is 0.0142. The van der Waals surface area contributed by atoms with E-state index < -0.39 is 0 Å². The van der Waals surface area contributed by atoms with Gasteiger partial charge in [0.15, 0.2) is 0 Å². The molecule has 0 aromatic rings. The van der Waals surface area contributed by atoms with E-state index in [0.29, 0.717) is 36.8 Å². The Bertz CT molecular complexity index is 718. The zero-order valence-electron chi connectivity index (χ0n) is 20.7. The van der Waals surface area contributed by atoms with Crippen LogP contribution in [0.3, 0.4) is 0 Å². The molecule has 1 N–H and O–H groups in total. The van der Waals surface area contributed by atoms with Gasteiger partial charge in [-0.2, -0.15) is 0 Å². The average molecular weight is 462 g/mol. The van der Waals surface area contributed by atoms with Crippen LogP contribution in [-0.2, 0) is 19.1 Å². The van der Waals surface area contributed by atoms with E-state index in [1.165, 1.54) is 19.3 Å². The summed E-state index contributed by atoms with van der Waals surface area (Å²) in [7, 11) is 0. The van der Waals surface area contributed by atoms with Crippen LogP contribution in [0.5, 0.6) is 0 Å². The van der Waals surface area contributed by atoms with Gasteiger partial charge in [0.25, 0.3) is 0 Å². The molecule has 1 amide bonds. The standard InChI is InChI=1S/C26H43N3O4/c1-16-18(3)32-22-15-23-21(14-20(16)22)17(2)19(26(31)33-23)7-8-25(30)29-12-10-28(11-13-29)24-6-4-5-9-27-24/h16-24,27H,4-15H2,1-3H3. The molecule has 9 atom stereocenters. The first-order chi connectivity index (χ1) is 15.9. The van der Waals surface area contributed by atoms with Crippen LogP contribution in [-0.4, -0.2) is 78.9 Å². The van der Waals surface area contributed by atoms with Crippen LogP contribution >= 0.6 is 0 Å². The molecule has 5 rings (SSSR count). The highest BCUT2D eigenvalue weighted by Crippen LogP contribution is 2.50. The highest BCUT2D eigenvalue weighted by molar-refractivity contribution is 5.78. The van der Waals surface area contributed by atoms with Crippen molar-refractivity contribution in [3.63, 3.8) is 0 Å². The number of piperazine rings is 1. The van der Waals surface area contributed by atoms with E-state index in [9.17, 15) is 9.59 Å². The molecule has 186 valence electrons. The van der Waals surface area contributed by atoms with Crippen LogP contribution in [0.2, 0.25) is 0 Å². The number of nitrogens with zero attached hydrogens (tertiary/aromatic N) is 2. The monoisotopic (exact) mass is 461 g/mol. The molecule has 1 aliphatic carbocycles. The first kappa shape index (κ1) is 23.6. The summed E-state index contributed by atoms with van der Waals surface area (Å²) in [5.74, 6) is 1.73. The SMILES string of the molecule is CC1OC2CC3OC(=O)C(CCC(=O)N4CCN(C5CCCCN5)CC4)C(C)C3CC2C1C. The maximum atomic E-state index is 13.0. The largest absolute Gasteiger partial charge is 0.462 e. The van der Waals surface area contributed by atoms with Crippen molar-refractivity contribution in [2.24, 2.45) is 29.6 Å². The lowest BCUT2D eigenvalue weighted by Gasteiger charge is -2.46. The third-order valence-electron chi connectivity index (χ3n) is 9.71. The normalized spacial score (nSPS) is 44.2. The number of rotatable bonds is 4. The lowest BCUT2D eigenvalue weighted by atomic mass is 9.65. The number of carbonyl (C=O) groups excluding carboxylic acids is 2. The Kier molecular flexibility index (Phi) is 7.01. The molecule has 0 aromatic carbocycles. The van der Waals surface area contributed by atoms with Crippen LogP contribution in [0, 0.1) is 29.6 Å². The van der Waals surface area contributed by atoms with Gasteiger partial charge in [-0.25, -0.2) is 0 Å². The second-order valence-electron chi connectivity index (χ2n) is 11.4. The Morgan fingerprint density at radius 2 is 1.76 bits per heavy atom. The molecule has 7 heteroatoms. The smallest absolute Gasteiger partial charge is 0.309 e. The van der Waals surface area contributed by atoms with Crippen molar-refractivity contribution < 1.29 is 19.1 Å². The molecule has 5 fully saturated rings. The second-order valence-corrected chi connectivity index (χ2v) is 11.4. The lowest BCUT2D eigenvalue weighted by Crippen LogP contribution is -2.56. The van der Waals surface area contributed by atoms with E-state index in [2.05, 4.69) is 31.0 Å². The molecule has 4 saturated heterocycles. The fourth-order valence-corrected chi connectivity index (χ4v) is 7.34. The number of amides is 1. The van der Waals surface area contributed by atoms with Crippen molar-refractivity contribution >= 4 is 11.9 Å². The zero-order chi connectivity index (χ0) is 23.1. The van der Waals surface area contributed by atoms with E-state index in [0.717, 1.165) is 45.6 Å². The van der Waals surface area contributed by atoms with E-state index in [-0.39, 0.29) is 42.0 Å².